The van der Waals surface area contributed by atoms with E-state index in [0.29, 0.717) is 12.4 Å². The highest BCUT2D eigenvalue weighted by Crippen LogP contribution is 2.14. The van der Waals surface area contributed by atoms with Crippen LogP contribution in [-0.4, -0.2) is 16.6 Å². The third-order valence-corrected chi connectivity index (χ3v) is 2.90. The number of ether oxygens (including phenoxy) is 1. The van der Waals surface area contributed by atoms with Crippen molar-refractivity contribution in [1.29, 1.82) is 0 Å². The first kappa shape index (κ1) is 14.9. The Morgan fingerprint density at radius 1 is 1.17 bits per heavy atom. The molecule has 0 bridgehead atoms. The van der Waals surface area contributed by atoms with Gasteiger partial charge in [0.15, 0.2) is 0 Å². The first-order valence-electron chi connectivity index (χ1n) is 6.93. The fourth-order valence-corrected chi connectivity index (χ4v) is 1.79. The molecule has 4 heteroatoms. The molecule has 2 N–H and O–H groups in total. The summed E-state index contributed by atoms with van der Waals surface area (Å²) in [6, 6.07) is 0. The number of hydrogen-bond donors (Lipinski definition) is 1. The average Bonchev–Trinajstić information content (AvgIpc) is 2.38. The van der Waals surface area contributed by atoms with E-state index in [-0.39, 0.29) is 0 Å². The number of aryl methyl sites for hydroxylation is 1. The zero-order valence-corrected chi connectivity index (χ0v) is 11.6. The lowest BCUT2D eigenvalue weighted by atomic mass is 10.1. The zero-order chi connectivity index (χ0) is 13.2. The fraction of sp³-hybridized carbons (Fsp3) is 0.714. The van der Waals surface area contributed by atoms with Crippen molar-refractivity contribution in [3.8, 4) is 5.88 Å². The number of hydrogen-bond acceptors (Lipinski definition) is 4. The molecule has 4 nitrogen and oxygen atoms in total. The van der Waals surface area contributed by atoms with Crippen LogP contribution in [0.25, 0.3) is 0 Å². The Labute approximate surface area is 110 Å². The molecule has 0 aliphatic rings. The van der Waals surface area contributed by atoms with Crippen LogP contribution in [0.5, 0.6) is 5.88 Å². The van der Waals surface area contributed by atoms with Gasteiger partial charge in [0.25, 0.3) is 0 Å². The lowest BCUT2D eigenvalue weighted by Gasteiger charge is -2.09. The Hall–Kier alpha value is -1.16. The molecule has 1 heterocycles. The molecular weight excluding hydrogens is 226 g/mol. The molecule has 0 aliphatic carbocycles. The van der Waals surface area contributed by atoms with Gasteiger partial charge in [0.1, 0.15) is 5.82 Å². The summed E-state index contributed by atoms with van der Waals surface area (Å²) in [6.07, 6.45) is 9.30. The summed E-state index contributed by atoms with van der Waals surface area (Å²) >= 11 is 0. The molecule has 102 valence electrons. The van der Waals surface area contributed by atoms with Crippen molar-refractivity contribution in [2.45, 2.75) is 58.9 Å². The summed E-state index contributed by atoms with van der Waals surface area (Å²) in [6.45, 7) is 5.23. The molecule has 0 saturated heterocycles. The molecule has 0 unspecified atom stereocenters. The highest BCUT2D eigenvalue weighted by atomic mass is 16.5. The quantitative estimate of drug-likeness (QED) is 0.685. The average molecular weight is 251 g/mol. The molecule has 18 heavy (non-hydrogen) atoms. The predicted octanol–water partition coefficient (Wildman–Crippen LogP) is 2.98. The van der Waals surface area contributed by atoms with E-state index in [9.17, 15) is 0 Å². The second-order valence-corrected chi connectivity index (χ2v) is 4.57. The maximum atomic E-state index is 5.68. The molecule has 0 radical (unpaired) electrons. The van der Waals surface area contributed by atoms with Crippen LogP contribution >= 0.6 is 0 Å². The molecule has 0 spiro atoms. The normalized spacial score (nSPS) is 10.6. The third-order valence-electron chi connectivity index (χ3n) is 2.90. The van der Waals surface area contributed by atoms with E-state index in [2.05, 4.69) is 16.9 Å². The molecule has 0 atom stereocenters. The van der Waals surface area contributed by atoms with Gasteiger partial charge in [-0.3, -0.25) is 0 Å². The van der Waals surface area contributed by atoms with Gasteiger partial charge in [0.05, 0.1) is 6.61 Å². The smallest absolute Gasteiger partial charge is 0.221 e. The minimum absolute atomic E-state index is 0.423. The van der Waals surface area contributed by atoms with Gasteiger partial charge < -0.3 is 10.5 Å². The standard InChI is InChI=1S/C14H25N3O/c1-3-4-5-6-7-8-9-18-14-13(10-15)11-16-12(2)17-14/h11H,3-10,15H2,1-2H3. The van der Waals surface area contributed by atoms with Crippen molar-refractivity contribution >= 4 is 0 Å². The number of nitrogens with two attached hydrogens (primary N) is 1. The second-order valence-electron chi connectivity index (χ2n) is 4.57. The summed E-state index contributed by atoms with van der Waals surface area (Å²) in [5.74, 6) is 1.38. The van der Waals surface area contributed by atoms with Gasteiger partial charge in [-0.1, -0.05) is 39.0 Å². The highest BCUT2D eigenvalue weighted by Gasteiger charge is 2.05. The second kappa shape index (κ2) is 8.86. The minimum Gasteiger partial charge on any atom is -0.477 e. The third kappa shape index (κ3) is 5.45. The monoisotopic (exact) mass is 251 g/mol. The van der Waals surface area contributed by atoms with Crippen LogP contribution in [0, 0.1) is 6.92 Å². The zero-order valence-electron chi connectivity index (χ0n) is 11.6. The van der Waals surface area contributed by atoms with Gasteiger partial charge in [-0.2, -0.15) is 4.98 Å². The van der Waals surface area contributed by atoms with Crippen LogP contribution in [-0.2, 0) is 6.54 Å². The molecule has 1 aromatic heterocycles. The number of aromatic nitrogens is 2. The number of unbranched alkanes of at least 4 members (excludes halogenated alkanes) is 5. The molecule has 0 amide bonds. The minimum atomic E-state index is 0.423. The molecule has 0 fully saturated rings. The molecule has 0 aromatic carbocycles. The SMILES string of the molecule is CCCCCCCCOc1nc(C)ncc1CN. The van der Waals surface area contributed by atoms with E-state index >= 15 is 0 Å². The van der Waals surface area contributed by atoms with E-state index in [1.807, 2.05) is 6.92 Å². The summed E-state index contributed by atoms with van der Waals surface area (Å²) in [5, 5.41) is 0. The number of nitrogens with zero attached hydrogens (tertiary/aromatic N) is 2. The van der Waals surface area contributed by atoms with Gasteiger partial charge in [0.2, 0.25) is 5.88 Å². The Bertz CT molecular complexity index is 342. The van der Waals surface area contributed by atoms with E-state index in [1.165, 1.54) is 32.1 Å². The van der Waals surface area contributed by atoms with Crippen LogP contribution in [0.1, 0.15) is 56.8 Å². The van der Waals surface area contributed by atoms with Gasteiger partial charge in [-0.15, -0.1) is 0 Å². The van der Waals surface area contributed by atoms with E-state index < -0.39 is 0 Å². The van der Waals surface area contributed by atoms with Crippen molar-refractivity contribution in [3.63, 3.8) is 0 Å². The predicted molar refractivity (Wildman–Crippen MR) is 73.5 cm³/mol. The van der Waals surface area contributed by atoms with Crippen molar-refractivity contribution in [2.75, 3.05) is 6.61 Å². The molecule has 1 aromatic rings. The van der Waals surface area contributed by atoms with Gasteiger partial charge >= 0.3 is 0 Å². The van der Waals surface area contributed by atoms with Gasteiger partial charge in [-0.25, -0.2) is 4.98 Å². The first-order chi connectivity index (χ1) is 8.77. The van der Waals surface area contributed by atoms with Crippen molar-refractivity contribution in [1.82, 2.24) is 9.97 Å². The van der Waals surface area contributed by atoms with Crippen LogP contribution in [0.15, 0.2) is 6.20 Å². The molecular formula is C14H25N3O. The van der Waals surface area contributed by atoms with Crippen LogP contribution in [0.3, 0.4) is 0 Å². The molecule has 0 aliphatic heterocycles. The highest BCUT2D eigenvalue weighted by molar-refractivity contribution is 5.23. The first-order valence-corrected chi connectivity index (χ1v) is 6.93. The van der Waals surface area contributed by atoms with Gasteiger partial charge in [0, 0.05) is 18.3 Å². The summed E-state index contributed by atoms with van der Waals surface area (Å²) in [5.41, 5.74) is 6.51. The molecule has 1 rings (SSSR count). The summed E-state index contributed by atoms with van der Waals surface area (Å²) in [7, 11) is 0. The largest absolute Gasteiger partial charge is 0.477 e. The topological polar surface area (TPSA) is 61.0 Å². The Morgan fingerprint density at radius 3 is 2.61 bits per heavy atom. The Kier molecular flexibility index (Phi) is 7.34. The van der Waals surface area contributed by atoms with Gasteiger partial charge in [-0.05, 0) is 13.3 Å². The van der Waals surface area contributed by atoms with Crippen molar-refractivity contribution in [2.24, 2.45) is 5.73 Å². The lowest BCUT2D eigenvalue weighted by molar-refractivity contribution is 0.289. The Balaban J connectivity index is 2.24. The molecule has 0 saturated carbocycles. The van der Waals surface area contributed by atoms with Crippen LogP contribution in [0.4, 0.5) is 0 Å². The summed E-state index contributed by atoms with van der Waals surface area (Å²) in [4.78, 5) is 8.40. The van der Waals surface area contributed by atoms with Crippen molar-refractivity contribution < 1.29 is 4.74 Å². The summed E-state index contributed by atoms with van der Waals surface area (Å²) < 4.78 is 5.68. The Morgan fingerprint density at radius 2 is 1.89 bits per heavy atom. The maximum Gasteiger partial charge on any atom is 0.221 e. The van der Waals surface area contributed by atoms with E-state index in [1.54, 1.807) is 6.20 Å². The lowest BCUT2D eigenvalue weighted by Crippen LogP contribution is -2.07. The fourth-order valence-electron chi connectivity index (χ4n) is 1.79. The van der Waals surface area contributed by atoms with E-state index in [4.69, 9.17) is 10.5 Å². The number of rotatable bonds is 9. The van der Waals surface area contributed by atoms with Crippen LogP contribution < -0.4 is 10.5 Å². The van der Waals surface area contributed by atoms with Crippen LogP contribution in [0.2, 0.25) is 0 Å². The van der Waals surface area contributed by atoms with Crippen molar-refractivity contribution in [3.05, 3.63) is 17.6 Å². The van der Waals surface area contributed by atoms with E-state index in [0.717, 1.165) is 24.4 Å². The maximum absolute atomic E-state index is 5.68.